The van der Waals surface area contributed by atoms with Crippen molar-refractivity contribution in [3.63, 3.8) is 0 Å². The number of rotatable bonds is 4. The third-order valence-electron chi connectivity index (χ3n) is 5.85. The van der Waals surface area contributed by atoms with Gasteiger partial charge in [0.05, 0.1) is 12.0 Å². The van der Waals surface area contributed by atoms with Crippen molar-refractivity contribution in [2.45, 2.75) is 24.9 Å². The molecule has 164 valence electrons. The van der Waals surface area contributed by atoms with Gasteiger partial charge in [0.15, 0.2) is 11.6 Å². The van der Waals surface area contributed by atoms with Gasteiger partial charge in [-0.1, -0.05) is 23.7 Å². The minimum atomic E-state index is -1.05. The number of likely N-dealkylation sites (tertiary alicyclic amines) is 1. The molecule has 2 atom stereocenters. The highest BCUT2D eigenvalue weighted by Crippen LogP contribution is 2.28. The van der Waals surface area contributed by atoms with Crippen molar-refractivity contribution >= 4 is 23.4 Å². The van der Waals surface area contributed by atoms with Crippen molar-refractivity contribution in [1.82, 2.24) is 21.1 Å². The Labute approximate surface area is 183 Å². The summed E-state index contributed by atoms with van der Waals surface area (Å²) in [5.74, 6) is -2.67. The van der Waals surface area contributed by atoms with Crippen LogP contribution in [0.3, 0.4) is 0 Å². The van der Waals surface area contributed by atoms with Gasteiger partial charge in [0.25, 0.3) is 5.91 Å². The van der Waals surface area contributed by atoms with Crippen LogP contribution < -0.4 is 16.2 Å². The highest BCUT2D eigenvalue weighted by Gasteiger charge is 2.37. The molecular formula is C22H23ClF2N4O2. The first-order chi connectivity index (χ1) is 14.9. The van der Waals surface area contributed by atoms with Gasteiger partial charge in [0, 0.05) is 36.3 Å². The van der Waals surface area contributed by atoms with E-state index in [2.05, 4.69) is 16.2 Å². The van der Waals surface area contributed by atoms with Gasteiger partial charge in [0.1, 0.15) is 0 Å². The molecule has 4 rings (SSSR count). The first-order valence-corrected chi connectivity index (χ1v) is 10.6. The predicted octanol–water partition coefficient (Wildman–Crippen LogP) is 2.80. The van der Waals surface area contributed by atoms with Crippen LogP contribution >= 0.6 is 11.6 Å². The van der Waals surface area contributed by atoms with Crippen LogP contribution in [-0.4, -0.2) is 42.4 Å². The van der Waals surface area contributed by atoms with Crippen LogP contribution in [-0.2, 0) is 4.79 Å². The number of hydrazine groups is 1. The summed E-state index contributed by atoms with van der Waals surface area (Å²) in [6.07, 6.45) is 1.20. The van der Waals surface area contributed by atoms with E-state index in [-0.39, 0.29) is 29.5 Å². The fourth-order valence-electron chi connectivity index (χ4n) is 4.10. The van der Waals surface area contributed by atoms with Crippen LogP contribution in [0.5, 0.6) is 0 Å². The maximum Gasteiger partial charge on any atom is 0.251 e. The lowest BCUT2D eigenvalue weighted by molar-refractivity contribution is -0.136. The van der Waals surface area contributed by atoms with Gasteiger partial charge in [-0.05, 0) is 48.7 Å². The van der Waals surface area contributed by atoms with Gasteiger partial charge in [-0.15, -0.1) is 0 Å². The Morgan fingerprint density at radius 2 is 1.74 bits per heavy atom. The Bertz CT molecular complexity index is 964. The second-order valence-electron chi connectivity index (χ2n) is 7.86. The lowest BCUT2D eigenvalue weighted by Gasteiger charge is -2.34. The van der Waals surface area contributed by atoms with E-state index in [4.69, 9.17) is 11.6 Å². The Morgan fingerprint density at radius 1 is 1.03 bits per heavy atom. The third-order valence-corrected chi connectivity index (χ3v) is 6.10. The summed E-state index contributed by atoms with van der Waals surface area (Å²) in [7, 11) is 0. The maximum absolute atomic E-state index is 13.4. The highest BCUT2D eigenvalue weighted by molar-refractivity contribution is 6.30. The molecule has 2 aliphatic heterocycles. The number of nitrogens with one attached hydrogen (secondary N) is 3. The summed E-state index contributed by atoms with van der Waals surface area (Å²) in [5.41, 5.74) is 7.30. The summed E-state index contributed by atoms with van der Waals surface area (Å²) in [6.45, 7) is 1.57. The molecular weight excluding hydrogens is 426 g/mol. The zero-order chi connectivity index (χ0) is 22.0. The van der Waals surface area contributed by atoms with Gasteiger partial charge in [-0.25, -0.2) is 14.2 Å². The zero-order valence-corrected chi connectivity index (χ0v) is 17.5. The van der Waals surface area contributed by atoms with Gasteiger partial charge in [-0.3, -0.25) is 15.0 Å². The summed E-state index contributed by atoms with van der Waals surface area (Å²) >= 11 is 5.97. The summed E-state index contributed by atoms with van der Waals surface area (Å²) in [4.78, 5) is 27.3. The van der Waals surface area contributed by atoms with Gasteiger partial charge >= 0.3 is 0 Å². The number of carbonyl (C=O) groups excluding carboxylic acids is 2. The number of halogens is 3. The van der Waals surface area contributed by atoms with Crippen molar-refractivity contribution < 1.29 is 18.4 Å². The van der Waals surface area contributed by atoms with Crippen LogP contribution in [0, 0.1) is 17.6 Å². The molecule has 6 nitrogen and oxygen atoms in total. The Kier molecular flexibility index (Phi) is 6.50. The van der Waals surface area contributed by atoms with Crippen LogP contribution in [0.15, 0.2) is 42.5 Å². The molecule has 9 heteroatoms. The predicted molar refractivity (Wildman–Crippen MR) is 112 cm³/mol. The van der Waals surface area contributed by atoms with Crippen LogP contribution in [0.25, 0.3) is 0 Å². The fourth-order valence-corrected chi connectivity index (χ4v) is 4.22. The lowest BCUT2D eigenvalue weighted by atomic mass is 9.92. The SMILES string of the molecule is O=C(NC1CCN(C(=O)C2CNNC2c2ccc(Cl)cc2)CC1)c1ccc(F)c(F)c1. The minimum Gasteiger partial charge on any atom is -0.349 e. The number of carbonyl (C=O) groups is 2. The average Bonchev–Trinajstić information content (AvgIpc) is 3.26. The number of amides is 2. The molecule has 2 heterocycles. The van der Waals surface area contributed by atoms with E-state index in [1.54, 1.807) is 12.1 Å². The summed E-state index contributed by atoms with van der Waals surface area (Å²) < 4.78 is 26.4. The fraction of sp³-hybridized carbons (Fsp3) is 0.364. The Hall–Kier alpha value is -2.55. The second-order valence-corrected chi connectivity index (χ2v) is 8.30. The molecule has 2 unspecified atom stereocenters. The summed E-state index contributed by atoms with van der Waals surface area (Å²) in [5, 5.41) is 3.49. The number of piperidine rings is 1. The third kappa shape index (κ3) is 4.87. The number of hydrogen-bond donors (Lipinski definition) is 3. The van der Waals surface area contributed by atoms with Gasteiger partial charge in [0.2, 0.25) is 5.91 Å². The largest absolute Gasteiger partial charge is 0.349 e. The molecule has 2 saturated heterocycles. The smallest absolute Gasteiger partial charge is 0.251 e. The van der Waals surface area contributed by atoms with Crippen LogP contribution in [0.1, 0.15) is 34.8 Å². The minimum absolute atomic E-state index is 0.0582. The topological polar surface area (TPSA) is 73.5 Å². The van der Waals surface area contributed by atoms with Crippen molar-refractivity contribution in [2.24, 2.45) is 5.92 Å². The molecule has 3 N–H and O–H groups in total. The number of benzene rings is 2. The molecule has 31 heavy (non-hydrogen) atoms. The van der Waals surface area contributed by atoms with E-state index in [0.717, 1.165) is 17.7 Å². The van der Waals surface area contributed by atoms with Crippen LogP contribution in [0.2, 0.25) is 5.02 Å². The number of hydrogen-bond acceptors (Lipinski definition) is 4. The average molecular weight is 449 g/mol. The van der Waals surface area contributed by atoms with E-state index >= 15 is 0 Å². The van der Waals surface area contributed by atoms with E-state index < -0.39 is 17.5 Å². The summed E-state index contributed by atoms with van der Waals surface area (Å²) in [6, 6.07) is 10.2. The van der Waals surface area contributed by atoms with Crippen molar-refractivity contribution in [3.05, 3.63) is 70.2 Å². The molecule has 0 aromatic heterocycles. The second kappa shape index (κ2) is 9.30. The normalized spacial score (nSPS) is 21.8. The molecule has 0 aliphatic carbocycles. The van der Waals surface area contributed by atoms with E-state index in [1.165, 1.54) is 6.07 Å². The first-order valence-electron chi connectivity index (χ1n) is 10.2. The Balaban J connectivity index is 1.32. The lowest BCUT2D eigenvalue weighted by Crippen LogP contribution is -2.49. The maximum atomic E-state index is 13.4. The number of nitrogens with zero attached hydrogens (tertiary/aromatic N) is 1. The molecule has 2 aliphatic rings. The molecule has 0 radical (unpaired) electrons. The highest BCUT2D eigenvalue weighted by atomic mass is 35.5. The van der Waals surface area contributed by atoms with E-state index in [1.807, 2.05) is 17.0 Å². The monoisotopic (exact) mass is 448 g/mol. The molecule has 2 aromatic rings. The Morgan fingerprint density at radius 3 is 2.42 bits per heavy atom. The van der Waals surface area contributed by atoms with E-state index in [9.17, 15) is 18.4 Å². The first kappa shape index (κ1) is 21.7. The molecule has 0 saturated carbocycles. The molecule has 2 amide bonds. The molecule has 2 aromatic carbocycles. The van der Waals surface area contributed by atoms with Crippen molar-refractivity contribution in [1.29, 1.82) is 0 Å². The van der Waals surface area contributed by atoms with Crippen LogP contribution in [0.4, 0.5) is 8.78 Å². The molecule has 0 spiro atoms. The quantitative estimate of drug-likeness (QED) is 0.672. The van der Waals surface area contributed by atoms with E-state index in [0.29, 0.717) is 37.5 Å². The van der Waals surface area contributed by atoms with Crippen molar-refractivity contribution in [2.75, 3.05) is 19.6 Å². The standard InChI is InChI=1S/C22H23ClF2N4O2/c23-15-4-1-13(2-5-15)20-17(12-26-28-20)22(31)29-9-7-16(8-10-29)27-21(30)14-3-6-18(24)19(25)11-14/h1-6,11,16-17,20,26,28H,7-10,12H2,(H,27,30). The van der Waals surface area contributed by atoms with Gasteiger partial charge in [-0.2, -0.15) is 0 Å². The zero-order valence-electron chi connectivity index (χ0n) is 16.7. The molecule has 2 fully saturated rings. The van der Waals surface area contributed by atoms with Gasteiger partial charge < -0.3 is 10.2 Å². The molecule has 0 bridgehead atoms. The van der Waals surface area contributed by atoms with Crippen molar-refractivity contribution in [3.8, 4) is 0 Å².